The maximum absolute atomic E-state index is 5.54. The Kier molecular flexibility index (Phi) is 5.07. The van der Waals surface area contributed by atoms with E-state index in [1.54, 1.807) is 0 Å². The lowest BCUT2D eigenvalue weighted by Crippen LogP contribution is -2.05. The highest BCUT2D eigenvalue weighted by molar-refractivity contribution is 5.70. The molecule has 0 aliphatic rings. The van der Waals surface area contributed by atoms with Crippen molar-refractivity contribution in [1.29, 1.82) is 0 Å². The van der Waals surface area contributed by atoms with Crippen LogP contribution in [0.1, 0.15) is 34.7 Å². The van der Waals surface area contributed by atoms with Gasteiger partial charge in [-0.2, -0.15) is 0 Å². The largest absolute Gasteiger partial charge is 0.381 e. The minimum atomic E-state index is 0.836. The van der Waals surface area contributed by atoms with Crippen molar-refractivity contribution in [1.82, 2.24) is 5.32 Å². The van der Waals surface area contributed by atoms with Gasteiger partial charge in [-0.25, -0.2) is 0 Å². The van der Waals surface area contributed by atoms with Crippen molar-refractivity contribution in [3.8, 4) is 12.3 Å². The summed E-state index contributed by atoms with van der Waals surface area (Å²) in [4.78, 5) is 0. The molecule has 0 aliphatic carbocycles. The van der Waals surface area contributed by atoms with E-state index in [1.807, 2.05) is 7.05 Å². The summed E-state index contributed by atoms with van der Waals surface area (Å²) in [6.45, 7) is 6.36. The predicted molar refractivity (Wildman–Crippen MR) is 95.7 cm³/mol. The average molecular weight is 289 g/mol. The Labute approximate surface area is 134 Å². The minimum Gasteiger partial charge on any atom is -0.381 e. The molecule has 0 amide bonds. The van der Waals surface area contributed by atoms with Crippen molar-refractivity contribution in [2.24, 2.45) is 0 Å². The molecule has 22 heavy (non-hydrogen) atoms. The quantitative estimate of drug-likeness (QED) is 0.818. The van der Waals surface area contributed by atoms with Crippen LogP contribution in [0.4, 0.5) is 0 Å². The smallest absolute Gasteiger partial charge is 0.0883 e. The van der Waals surface area contributed by atoms with Gasteiger partial charge in [0, 0.05) is 7.05 Å². The molecule has 0 unspecified atom stereocenters. The number of rotatable bonds is 4. The van der Waals surface area contributed by atoms with Crippen LogP contribution in [0.2, 0.25) is 0 Å². The van der Waals surface area contributed by atoms with Gasteiger partial charge in [-0.15, -0.1) is 6.42 Å². The average Bonchev–Trinajstić information content (AvgIpc) is 2.52. The van der Waals surface area contributed by atoms with Crippen molar-refractivity contribution in [2.75, 3.05) is 7.05 Å². The van der Waals surface area contributed by atoms with Crippen molar-refractivity contribution in [3.63, 3.8) is 0 Å². The molecule has 0 saturated heterocycles. The highest BCUT2D eigenvalue weighted by atomic mass is 14.8. The Balaban J connectivity index is 2.31. The molecule has 0 atom stereocenters. The molecule has 2 rings (SSSR count). The van der Waals surface area contributed by atoms with Gasteiger partial charge in [0.25, 0.3) is 0 Å². The molecular formula is C21H23N. The summed E-state index contributed by atoms with van der Waals surface area (Å²) in [5.41, 5.74) is 8.43. The summed E-state index contributed by atoms with van der Waals surface area (Å²) in [5.74, 6) is 2.70. The topological polar surface area (TPSA) is 12.0 Å². The lowest BCUT2D eigenvalue weighted by atomic mass is 9.97. The normalized spacial score (nSPS) is 11.6. The Morgan fingerprint density at radius 2 is 1.77 bits per heavy atom. The van der Waals surface area contributed by atoms with E-state index in [0.717, 1.165) is 17.7 Å². The third-order valence-electron chi connectivity index (χ3n) is 4.11. The second-order valence-electron chi connectivity index (χ2n) is 5.69. The van der Waals surface area contributed by atoms with Crippen molar-refractivity contribution in [3.05, 3.63) is 76.0 Å². The molecule has 0 fully saturated rings. The second-order valence-corrected chi connectivity index (χ2v) is 5.69. The van der Waals surface area contributed by atoms with Crippen LogP contribution < -0.4 is 5.32 Å². The molecule has 0 aliphatic heterocycles. The molecule has 2 aromatic rings. The first-order chi connectivity index (χ1) is 10.5. The number of aryl methyl sites for hydroxylation is 2. The summed E-state index contributed by atoms with van der Waals surface area (Å²) in [5, 5.41) is 3.08. The lowest BCUT2D eigenvalue weighted by Gasteiger charge is -2.10. The summed E-state index contributed by atoms with van der Waals surface area (Å²) >= 11 is 0. The second kappa shape index (κ2) is 7.00. The fourth-order valence-corrected chi connectivity index (χ4v) is 2.58. The molecule has 0 saturated carbocycles. The van der Waals surface area contributed by atoms with E-state index in [-0.39, 0.29) is 0 Å². The Bertz CT molecular complexity index is 745. The van der Waals surface area contributed by atoms with E-state index < -0.39 is 0 Å². The SMILES string of the molecule is C#C/C(NC)=C(/C)c1cccc(Cc2ccc(C)c(C)c2)c1. The molecule has 112 valence electrons. The van der Waals surface area contributed by atoms with Gasteiger partial charge in [0.2, 0.25) is 0 Å². The monoisotopic (exact) mass is 289 g/mol. The number of benzene rings is 2. The lowest BCUT2D eigenvalue weighted by molar-refractivity contribution is 1.05. The van der Waals surface area contributed by atoms with Gasteiger partial charge in [0.15, 0.2) is 0 Å². The summed E-state index contributed by atoms with van der Waals surface area (Å²) in [7, 11) is 1.86. The van der Waals surface area contributed by atoms with Crippen molar-refractivity contribution >= 4 is 5.57 Å². The van der Waals surface area contributed by atoms with Crippen LogP contribution in [0.15, 0.2) is 48.2 Å². The molecule has 0 heterocycles. The van der Waals surface area contributed by atoms with Gasteiger partial charge in [-0.1, -0.05) is 48.4 Å². The van der Waals surface area contributed by atoms with Crippen molar-refractivity contribution in [2.45, 2.75) is 27.2 Å². The molecule has 0 aromatic heterocycles. The Morgan fingerprint density at radius 3 is 2.41 bits per heavy atom. The zero-order valence-electron chi connectivity index (χ0n) is 13.8. The Morgan fingerprint density at radius 1 is 1.05 bits per heavy atom. The first kappa shape index (κ1) is 15.9. The fraction of sp³-hybridized carbons (Fsp3) is 0.238. The van der Waals surface area contributed by atoms with Crippen LogP contribution in [-0.4, -0.2) is 7.05 Å². The minimum absolute atomic E-state index is 0.836. The number of terminal acetylenes is 1. The van der Waals surface area contributed by atoms with Gasteiger partial charge in [-0.05, 0) is 60.6 Å². The van der Waals surface area contributed by atoms with E-state index in [1.165, 1.54) is 27.8 Å². The zero-order valence-corrected chi connectivity index (χ0v) is 13.8. The summed E-state index contributed by atoms with van der Waals surface area (Å²) in [6, 6.07) is 15.3. The molecule has 0 spiro atoms. The van der Waals surface area contributed by atoms with E-state index in [0.29, 0.717) is 0 Å². The maximum Gasteiger partial charge on any atom is 0.0883 e. The molecule has 0 bridgehead atoms. The van der Waals surface area contributed by atoms with E-state index in [9.17, 15) is 0 Å². The molecule has 1 heteroatoms. The molecule has 0 radical (unpaired) electrons. The summed E-state index contributed by atoms with van der Waals surface area (Å²) in [6.07, 6.45) is 6.48. The van der Waals surface area contributed by atoms with Gasteiger partial charge >= 0.3 is 0 Å². The molecular weight excluding hydrogens is 266 g/mol. The van der Waals surface area contributed by atoms with Crippen LogP contribution in [0, 0.1) is 26.2 Å². The molecule has 1 nitrogen and oxygen atoms in total. The third kappa shape index (κ3) is 3.59. The van der Waals surface area contributed by atoms with Gasteiger partial charge in [-0.3, -0.25) is 0 Å². The number of allylic oxidation sites excluding steroid dienone is 2. The highest BCUT2D eigenvalue weighted by Gasteiger charge is 2.04. The number of nitrogens with one attached hydrogen (secondary N) is 1. The van der Waals surface area contributed by atoms with E-state index in [2.05, 4.69) is 74.5 Å². The van der Waals surface area contributed by atoms with Gasteiger partial charge < -0.3 is 5.32 Å². The first-order valence-electron chi connectivity index (χ1n) is 7.56. The Hall–Kier alpha value is -2.46. The number of hydrogen-bond donors (Lipinski definition) is 1. The van der Waals surface area contributed by atoms with Crippen LogP contribution in [0.3, 0.4) is 0 Å². The van der Waals surface area contributed by atoms with E-state index in [4.69, 9.17) is 6.42 Å². The zero-order chi connectivity index (χ0) is 16.1. The van der Waals surface area contributed by atoms with Gasteiger partial charge in [0.1, 0.15) is 0 Å². The predicted octanol–water partition coefficient (Wildman–Crippen LogP) is 4.48. The van der Waals surface area contributed by atoms with Crippen molar-refractivity contribution < 1.29 is 0 Å². The highest BCUT2D eigenvalue weighted by Crippen LogP contribution is 2.20. The van der Waals surface area contributed by atoms with Crippen LogP contribution >= 0.6 is 0 Å². The first-order valence-corrected chi connectivity index (χ1v) is 7.56. The van der Waals surface area contributed by atoms with Gasteiger partial charge in [0.05, 0.1) is 5.70 Å². The third-order valence-corrected chi connectivity index (χ3v) is 4.11. The summed E-state index contributed by atoms with van der Waals surface area (Å²) < 4.78 is 0. The number of hydrogen-bond acceptors (Lipinski definition) is 1. The maximum atomic E-state index is 5.54. The van der Waals surface area contributed by atoms with E-state index >= 15 is 0 Å². The van der Waals surface area contributed by atoms with Crippen LogP contribution in [0.5, 0.6) is 0 Å². The molecule has 2 aromatic carbocycles. The van der Waals surface area contributed by atoms with Crippen LogP contribution in [-0.2, 0) is 6.42 Å². The molecule has 1 N–H and O–H groups in total. The fourth-order valence-electron chi connectivity index (χ4n) is 2.58. The van der Waals surface area contributed by atoms with Crippen LogP contribution in [0.25, 0.3) is 5.57 Å². The standard InChI is InChI=1S/C21H23N/c1-6-21(22-5)17(4)20-9-7-8-18(14-20)13-19-11-10-15(2)16(3)12-19/h1,7-12,14,22H,13H2,2-5H3/b21-17+.